The van der Waals surface area contributed by atoms with Gasteiger partial charge >= 0.3 is 0 Å². The summed E-state index contributed by atoms with van der Waals surface area (Å²) in [5.74, 6) is -0.140. The van der Waals surface area contributed by atoms with E-state index in [-0.39, 0.29) is 17.5 Å². The number of hydrogen-bond donors (Lipinski definition) is 1. The predicted molar refractivity (Wildman–Crippen MR) is 99.7 cm³/mol. The minimum atomic E-state index is -0.143. The second-order valence-electron chi connectivity index (χ2n) is 7.09. The molecule has 0 bridgehead atoms. The zero-order chi connectivity index (χ0) is 19.1. The van der Waals surface area contributed by atoms with E-state index < -0.39 is 0 Å². The molecule has 8 heteroatoms. The molecule has 0 radical (unpaired) electrons. The van der Waals surface area contributed by atoms with Crippen molar-refractivity contribution in [3.05, 3.63) is 57.2 Å². The van der Waals surface area contributed by atoms with Gasteiger partial charge in [-0.05, 0) is 40.0 Å². The summed E-state index contributed by atoms with van der Waals surface area (Å²) in [6.45, 7) is 6.08. The summed E-state index contributed by atoms with van der Waals surface area (Å²) in [5, 5.41) is 3.16. The molecule has 1 N–H and O–H groups in total. The zero-order valence-corrected chi connectivity index (χ0v) is 15.7. The number of carbonyl (C=O) groups is 1. The number of H-pyrrole nitrogens is 1. The molecule has 1 aliphatic rings. The third-order valence-electron chi connectivity index (χ3n) is 5.23. The molecule has 4 heterocycles. The van der Waals surface area contributed by atoms with Crippen LogP contribution in [-0.4, -0.2) is 41.9 Å². The number of amides is 1. The van der Waals surface area contributed by atoms with Gasteiger partial charge in [-0.1, -0.05) is 0 Å². The van der Waals surface area contributed by atoms with Gasteiger partial charge in [0.15, 0.2) is 5.65 Å². The van der Waals surface area contributed by atoms with Crippen molar-refractivity contribution in [2.45, 2.75) is 46.1 Å². The molecule has 3 aromatic rings. The molecule has 8 nitrogen and oxygen atoms in total. The molecule has 1 fully saturated rings. The van der Waals surface area contributed by atoms with E-state index in [4.69, 9.17) is 0 Å². The SMILES string of the molecule is Cc1cnc(C(=O)N2CCCCC2c2cc3nc(C)c(C)c(=O)n3[nH]2)cn1. The van der Waals surface area contributed by atoms with Crippen LogP contribution in [0.5, 0.6) is 0 Å². The van der Waals surface area contributed by atoms with E-state index in [1.807, 2.05) is 24.8 Å². The normalized spacial score (nSPS) is 17.4. The third kappa shape index (κ3) is 3.01. The summed E-state index contributed by atoms with van der Waals surface area (Å²) in [6.07, 6.45) is 5.91. The standard InChI is InChI=1S/C19H22N6O2/c1-11-9-21-15(10-20-11)19(27)24-7-5-4-6-16(24)14-8-17-22-13(3)12(2)18(26)25(17)23-14/h8-10,16,23H,4-7H2,1-3H3. The summed E-state index contributed by atoms with van der Waals surface area (Å²) in [5.41, 5.74) is 3.73. The lowest BCUT2D eigenvalue weighted by atomic mass is 9.99. The van der Waals surface area contributed by atoms with Gasteiger partial charge in [0.1, 0.15) is 5.69 Å². The molecular weight excluding hydrogens is 344 g/mol. The van der Waals surface area contributed by atoms with Crippen molar-refractivity contribution in [3.63, 3.8) is 0 Å². The molecule has 3 aromatic heterocycles. The number of nitrogens with zero attached hydrogens (tertiary/aromatic N) is 5. The molecule has 4 rings (SSSR count). The highest BCUT2D eigenvalue weighted by Crippen LogP contribution is 2.31. The van der Waals surface area contributed by atoms with Gasteiger partial charge in [-0.25, -0.2) is 14.5 Å². The molecule has 1 amide bonds. The van der Waals surface area contributed by atoms with Crippen molar-refractivity contribution in [1.29, 1.82) is 0 Å². The Morgan fingerprint density at radius 1 is 1.19 bits per heavy atom. The van der Waals surface area contributed by atoms with E-state index >= 15 is 0 Å². The van der Waals surface area contributed by atoms with Crippen LogP contribution >= 0.6 is 0 Å². The number of nitrogens with one attached hydrogen (secondary N) is 1. The predicted octanol–water partition coefficient (Wildman–Crippen LogP) is 2.11. The summed E-state index contributed by atoms with van der Waals surface area (Å²) in [7, 11) is 0. The highest BCUT2D eigenvalue weighted by molar-refractivity contribution is 5.92. The largest absolute Gasteiger partial charge is 0.329 e. The lowest BCUT2D eigenvalue weighted by Crippen LogP contribution is -2.39. The molecular formula is C19H22N6O2. The van der Waals surface area contributed by atoms with Gasteiger partial charge < -0.3 is 4.90 Å². The second-order valence-corrected chi connectivity index (χ2v) is 7.09. The topological polar surface area (TPSA) is 96.3 Å². The van der Waals surface area contributed by atoms with Crippen LogP contribution in [0.4, 0.5) is 0 Å². The first kappa shape index (κ1) is 17.4. The Bertz CT molecular complexity index is 1070. The van der Waals surface area contributed by atoms with Gasteiger partial charge in [0, 0.05) is 30.1 Å². The van der Waals surface area contributed by atoms with Gasteiger partial charge in [0.2, 0.25) is 0 Å². The zero-order valence-electron chi connectivity index (χ0n) is 15.7. The van der Waals surface area contributed by atoms with Gasteiger partial charge in [0.25, 0.3) is 11.5 Å². The number of aryl methyl sites for hydroxylation is 2. The summed E-state index contributed by atoms with van der Waals surface area (Å²) in [4.78, 5) is 40.2. The molecule has 1 unspecified atom stereocenters. The molecule has 0 saturated carbocycles. The van der Waals surface area contributed by atoms with Crippen molar-refractivity contribution in [1.82, 2.24) is 29.5 Å². The highest BCUT2D eigenvalue weighted by atomic mass is 16.2. The van der Waals surface area contributed by atoms with E-state index in [1.165, 1.54) is 10.7 Å². The quantitative estimate of drug-likeness (QED) is 0.749. The average Bonchev–Trinajstić information content (AvgIpc) is 3.10. The fraction of sp³-hybridized carbons (Fsp3) is 0.421. The number of rotatable bonds is 2. The van der Waals surface area contributed by atoms with Crippen LogP contribution in [0.15, 0.2) is 23.3 Å². The van der Waals surface area contributed by atoms with Crippen molar-refractivity contribution in [2.75, 3.05) is 6.54 Å². The van der Waals surface area contributed by atoms with E-state index in [9.17, 15) is 9.59 Å². The van der Waals surface area contributed by atoms with Crippen LogP contribution in [0.2, 0.25) is 0 Å². The maximum Gasteiger partial charge on any atom is 0.275 e. The number of likely N-dealkylation sites (tertiary alicyclic amines) is 1. The van der Waals surface area contributed by atoms with Gasteiger partial charge in [-0.15, -0.1) is 0 Å². The number of hydrogen-bond acceptors (Lipinski definition) is 5. The van der Waals surface area contributed by atoms with E-state index in [1.54, 1.807) is 13.1 Å². The molecule has 140 valence electrons. The smallest absolute Gasteiger partial charge is 0.275 e. The Morgan fingerprint density at radius 2 is 2.00 bits per heavy atom. The Hall–Kier alpha value is -3.03. The fourth-order valence-corrected chi connectivity index (χ4v) is 3.56. The fourth-order valence-electron chi connectivity index (χ4n) is 3.56. The molecule has 1 saturated heterocycles. The first-order chi connectivity index (χ1) is 13.0. The minimum absolute atomic E-state index is 0.109. The Labute approximate surface area is 156 Å². The van der Waals surface area contributed by atoms with Crippen LogP contribution in [-0.2, 0) is 0 Å². The first-order valence-corrected chi connectivity index (χ1v) is 9.14. The van der Waals surface area contributed by atoms with E-state index in [2.05, 4.69) is 20.1 Å². The van der Waals surface area contributed by atoms with Crippen LogP contribution in [0.3, 0.4) is 0 Å². The van der Waals surface area contributed by atoms with Crippen molar-refractivity contribution in [3.8, 4) is 0 Å². The lowest BCUT2D eigenvalue weighted by Gasteiger charge is -2.34. The number of aromatic amines is 1. The molecule has 0 spiro atoms. The van der Waals surface area contributed by atoms with Crippen LogP contribution in [0.25, 0.3) is 5.65 Å². The molecule has 0 aromatic carbocycles. The summed E-state index contributed by atoms with van der Waals surface area (Å²) >= 11 is 0. The molecule has 0 aliphatic carbocycles. The van der Waals surface area contributed by atoms with Crippen LogP contribution in [0, 0.1) is 20.8 Å². The Kier molecular flexibility index (Phi) is 4.25. The summed E-state index contributed by atoms with van der Waals surface area (Å²) in [6, 6.07) is 1.72. The number of aromatic nitrogens is 5. The minimum Gasteiger partial charge on any atom is -0.329 e. The molecule has 1 atom stereocenters. The number of fused-ring (bicyclic) bond motifs is 1. The third-order valence-corrected chi connectivity index (χ3v) is 5.23. The van der Waals surface area contributed by atoms with Gasteiger partial charge in [0.05, 0.1) is 23.6 Å². The number of piperidine rings is 1. The maximum absolute atomic E-state index is 13.0. The average molecular weight is 366 g/mol. The first-order valence-electron chi connectivity index (χ1n) is 9.14. The van der Waals surface area contributed by atoms with Gasteiger partial charge in [-0.2, -0.15) is 0 Å². The van der Waals surface area contributed by atoms with Crippen molar-refractivity contribution in [2.24, 2.45) is 0 Å². The second kappa shape index (κ2) is 6.61. The molecule has 1 aliphatic heterocycles. The van der Waals surface area contributed by atoms with E-state index in [0.717, 1.165) is 36.3 Å². The van der Waals surface area contributed by atoms with E-state index in [0.29, 0.717) is 23.4 Å². The van der Waals surface area contributed by atoms with Crippen molar-refractivity contribution >= 4 is 11.6 Å². The maximum atomic E-state index is 13.0. The lowest BCUT2D eigenvalue weighted by molar-refractivity contribution is 0.0599. The summed E-state index contributed by atoms with van der Waals surface area (Å²) < 4.78 is 1.46. The Morgan fingerprint density at radius 3 is 2.74 bits per heavy atom. The monoisotopic (exact) mass is 366 g/mol. The Balaban J connectivity index is 1.73. The van der Waals surface area contributed by atoms with Crippen LogP contribution in [0.1, 0.15) is 58.4 Å². The molecule has 27 heavy (non-hydrogen) atoms. The van der Waals surface area contributed by atoms with Crippen LogP contribution < -0.4 is 5.56 Å². The van der Waals surface area contributed by atoms with Gasteiger partial charge in [-0.3, -0.25) is 19.7 Å². The number of carbonyl (C=O) groups excluding carboxylic acids is 1. The highest BCUT2D eigenvalue weighted by Gasteiger charge is 2.31. The van der Waals surface area contributed by atoms with Crippen molar-refractivity contribution < 1.29 is 4.79 Å².